The van der Waals surface area contributed by atoms with Crippen LogP contribution >= 0.6 is 0 Å². The zero-order valence-corrected chi connectivity index (χ0v) is 14.0. The molecule has 0 aromatic rings. The van der Waals surface area contributed by atoms with E-state index in [1.54, 1.807) is 0 Å². The second-order valence-electron chi connectivity index (χ2n) is 5.72. The molecule has 0 aromatic carbocycles. The minimum absolute atomic E-state index is 0.124. The van der Waals surface area contributed by atoms with Crippen molar-refractivity contribution >= 4 is 0 Å². The Morgan fingerprint density at radius 3 is 2.05 bits per heavy atom. The molecule has 5 heteroatoms. The summed E-state index contributed by atoms with van der Waals surface area (Å²) < 4.78 is 27.3. The van der Waals surface area contributed by atoms with Crippen molar-refractivity contribution in [3.63, 3.8) is 0 Å². The third-order valence-corrected chi connectivity index (χ3v) is 3.48. The lowest BCUT2D eigenvalue weighted by molar-refractivity contribution is -0.144. The van der Waals surface area contributed by atoms with Crippen LogP contribution in [0.5, 0.6) is 0 Å². The minimum Gasteiger partial charge on any atom is -0.371 e. The monoisotopic (exact) mass is 304 g/mol. The number of rotatable bonds is 14. The van der Waals surface area contributed by atoms with Gasteiger partial charge in [-0.2, -0.15) is 0 Å². The number of hydrogen-bond acceptors (Lipinski definition) is 5. The number of epoxide rings is 1. The first kappa shape index (κ1) is 18.8. The maximum absolute atomic E-state index is 5.61. The van der Waals surface area contributed by atoms with Crippen LogP contribution in [0.3, 0.4) is 0 Å². The summed E-state index contributed by atoms with van der Waals surface area (Å²) in [6.45, 7) is 11.8. The highest BCUT2D eigenvalue weighted by molar-refractivity contribution is 4.67. The van der Waals surface area contributed by atoms with Crippen LogP contribution in [0.4, 0.5) is 0 Å². The summed E-state index contributed by atoms with van der Waals surface area (Å²) in [6.07, 6.45) is 3.08. The fraction of sp³-hybridized carbons (Fsp3) is 1.00. The fourth-order valence-electron chi connectivity index (χ4n) is 1.62. The maximum Gasteiger partial charge on any atom is 0.154 e. The molecular formula is C16H32O5. The lowest BCUT2D eigenvalue weighted by Gasteiger charge is -2.17. The average Bonchev–Trinajstić information content (AvgIpc) is 3.30. The maximum atomic E-state index is 5.61. The predicted octanol–water partition coefficient (Wildman–Crippen LogP) is 2.97. The average molecular weight is 304 g/mol. The van der Waals surface area contributed by atoms with Gasteiger partial charge in [-0.05, 0) is 32.6 Å². The van der Waals surface area contributed by atoms with Gasteiger partial charge in [-0.3, -0.25) is 0 Å². The first-order valence-corrected chi connectivity index (χ1v) is 8.19. The lowest BCUT2D eigenvalue weighted by Crippen LogP contribution is -2.18. The Bertz CT molecular complexity index is 245. The highest BCUT2D eigenvalue weighted by atomic mass is 16.7. The van der Waals surface area contributed by atoms with Gasteiger partial charge in [0.2, 0.25) is 0 Å². The molecule has 0 saturated carbocycles. The SMILES string of the molecule is CCC(C)COC(C)OCCCCOC(C)OCC1CO1. The van der Waals surface area contributed by atoms with Crippen LogP contribution in [0.1, 0.15) is 47.0 Å². The van der Waals surface area contributed by atoms with Crippen molar-refractivity contribution < 1.29 is 23.7 Å². The third-order valence-electron chi connectivity index (χ3n) is 3.48. The van der Waals surface area contributed by atoms with Gasteiger partial charge in [0.1, 0.15) is 6.10 Å². The van der Waals surface area contributed by atoms with Crippen LogP contribution in [0.2, 0.25) is 0 Å². The Labute approximate surface area is 129 Å². The number of unbranched alkanes of at least 4 members (excludes halogenated alkanes) is 1. The summed E-state index contributed by atoms with van der Waals surface area (Å²) in [6, 6.07) is 0. The van der Waals surface area contributed by atoms with Crippen LogP contribution in [0.15, 0.2) is 0 Å². The molecule has 0 aromatic heterocycles. The van der Waals surface area contributed by atoms with Crippen molar-refractivity contribution in [2.24, 2.45) is 5.92 Å². The quantitative estimate of drug-likeness (QED) is 0.280. The molecule has 4 unspecified atom stereocenters. The Morgan fingerprint density at radius 1 is 0.952 bits per heavy atom. The van der Waals surface area contributed by atoms with Crippen molar-refractivity contribution in [1.82, 2.24) is 0 Å². The largest absolute Gasteiger partial charge is 0.371 e. The summed E-state index contributed by atoms with van der Waals surface area (Å²) in [7, 11) is 0. The van der Waals surface area contributed by atoms with E-state index in [2.05, 4.69) is 13.8 Å². The van der Waals surface area contributed by atoms with E-state index in [-0.39, 0.29) is 12.6 Å². The van der Waals surface area contributed by atoms with Crippen molar-refractivity contribution in [1.29, 1.82) is 0 Å². The van der Waals surface area contributed by atoms with Gasteiger partial charge < -0.3 is 23.7 Å². The Hall–Kier alpha value is -0.200. The van der Waals surface area contributed by atoms with E-state index < -0.39 is 0 Å². The van der Waals surface area contributed by atoms with E-state index in [0.29, 0.717) is 31.8 Å². The fourth-order valence-corrected chi connectivity index (χ4v) is 1.62. The highest BCUT2D eigenvalue weighted by Crippen LogP contribution is 2.10. The molecule has 1 aliphatic rings. The van der Waals surface area contributed by atoms with E-state index in [1.165, 1.54) is 0 Å². The van der Waals surface area contributed by atoms with Crippen molar-refractivity contribution in [3.8, 4) is 0 Å². The normalized spacial score (nSPS) is 22.0. The van der Waals surface area contributed by atoms with Gasteiger partial charge in [-0.1, -0.05) is 20.3 Å². The van der Waals surface area contributed by atoms with Crippen molar-refractivity contribution in [2.75, 3.05) is 33.0 Å². The molecule has 1 aliphatic heterocycles. The smallest absolute Gasteiger partial charge is 0.154 e. The van der Waals surface area contributed by atoms with Crippen molar-refractivity contribution in [2.45, 2.75) is 65.6 Å². The highest BCUT2D eigenvalue weighted by Gasteiger charge is 2.23. The minimum atomic E-state index is -0.159. The van der Waals surface area contributed by atoms with Crippen molar-refractivity contribution in [3.05, 3.63) is 0 Å². The second-order valence-corrected chi connectivity index (χ2v) is 5.72. The first-order valence-electron chi connectivity index (χ1n) is 8.19. The van der Waals surface area contributed by atoms with Gasteiger partial charge in [-0.15, -0.1) is 0 Å². The Kier molecular flexibility index (Phi) is 10.2. The topological polar surface area (TPSA) is 49.5 Å². The van der Waals surface area contributed by atoms with Crippen LogP contribution in [0.25, 0.3) is 0 Å². The van der Waals surface area contributed by atoms with E-state index in [9.17, 15) is 0 Å². The lowest BCUT2D eigenvalue weighted by atomic mass is 10.1. The molecule has 1 saturated heterocycles. The summed E-state index contributed by atoms with van der Waals surface area (Å²) in [5.74, 6) is 0.590. The van der Waals surface area contributed by atoms with Gasteiger partial charge in [0.25, 0.3) is 0 Å². The standard InChI is InChI=1S/C16H32O5/c1-5-13(2)10-19-14(3)17-8-6-7-9-18-15(4)20-11-16-12-21-16/h13-16H,5-12H2,1-4H3. The molecule has 5 nitrogen and oxygen atoms in total. The summed E-state index contributed by atoms with van der Waals surface area (Å²) in [5.41, 5.74) is 0. The summed E-state index contributed by atoms with van der Waals surface area (Å²) in [5, 5.41) is 0. The molecule has 0 aliphatic carbocycles. The molecule has 1 rings (SSSR count). The predicted molar refractivity (Wildman–Crippen MR) is 81.2 cm³/mol. The van der Waals surface area contributed by atoms with Gasteiger partial charge in [0, 0.05) is 13.2 Å². The van der Waals surface area contributed by atoms with E-state index in [4.69, 9.17) is 23.7 Å². The Morgan fingerprint density at radius 2 is 1.52 bits per heavy atom. The van der Waals surface area contributed by atoms with Crippen LogP contribution in [0, 0.1) is 5.92 Å². The summed E-state index contributed by atoms with van der Waals surface area (Å²) in [4.78, 5) is 0. The van der Waals surface area contributed by atoms with Crippen LogP contribution in [-0.2, 0) is 23.7 Å². The third kappa shape index (κ3) is 11.1. The summed E-state index contributed by atoms with van der Waals surface area (Å²) >= 11 is 0. The first-order chi connectivity index (χ1) is 10.1. The molecule has 0 radical (unpaired) electrons. The molecule has 0 spiro atoms. The molecule has 1 heterocycles. The molecule has 4 atom stereocenters. The number of ether oxygens (including phenoxy) is 5. The second kappa shape index (κ2) is 11.4. The molecular weight excluding hydrogens is 272 g/mol. The zero-order chi connectivity index (χ0) is 15.5. The molecule has 1 fully saturated rings. The molecule has 0 amide bonds. The van der Waals surface area contributed by atoms with Gasteiger partial charge in [0.15, 0.2) is 12.6 Å². The molecule has 21 heavy (non-hydrogen) atoms. The molecule has 0 bridgehead atoms. The zero-order valence-electron chi connectivity index (χ0n) is 14.0. The van der Waals surface area contributed by atoms with E-state index in [0.717, 1.165) is 32.5 Å². The Balaban J connectivity index is 1.82. The van der Waals surface area contributed by atoms with Crippen LogP contribution < -0.4 is 0 Å². The van der Waals surface area contributed by atoms with E-state index in [1.807, 2.05) is 13.8 Å². The van der Waals surface area contributed by atoms with Gasteiger partial charge in [-0.25, -0.2) is 0 Å². The molecule has 0 N–H and O–H groups in total. The number of hydrogen-bond donors (Lipinski definition) is 0. The van der Waals surface area contributed by atoms with E-state index >= 15 is 0 Å². The van der Waals surface area contributed by atoms with Gasteiger partial charge in [0.05, 0.1) is 19.8 Å². The molecule has 126 valence electrons. The van der Waals surface area contributed by atoms with Crippen LogP contribution in [-0.4, -0.2) is 51.7 Å². The van der Waals surface area contributed by atoms with Gasteiger partial charge >= 0.3 is 0 Å².